The molecule has 0 aliphatic rings. The molecule has 1 heterocycles. The Kier molecular flexibility index (Phi) is 3.77. The SMILES string of the molecule is O=C(O)Cc1ncc(O)c(C(F)F)c1I. The van der Waals surface area contributed by atoms with Gasteiger partial charge in [0, 0.05) is 3.57 Å². The minimum atomic E-state index is -2.85. The topological polar surface area (TPSA) is 70.4 Å². The van der Waals surface area contributed by atoms with Gasteiger partial charge in [-0.2, -0.15) is 0 Å². The normalized spacial score (nSPS) is 10.7. The molecule has 1 aromatic rings. The van der Waals surface area contributed by atoms with E-state index in [1.54, 1.807) is 22.6 Å². The van der Waals surface area contributed by atoms with E-state index in [1.807, 2.05) is 0 Å². The van der Waals surface area contributed by atoms with E-state index >= 15 is 0 Å². The van der Waals surface area contributed by atoms with E-state index in [1.165, 1.54) is 0 Å². The highest BCUT2D eigenvalue weighted by Gasteiger charge is 2.21. The summed E-state index contributed by atoms with van der Waals surface area (Å²) in [5.74, 6) is -1.78. The first-order valence-corrected chi connectivity index (χ1v) is 4.87. The summed E-state index contributed by atoms with van der Waals surface area (Å²) in [6.45, 7) is 0. The molecule has 0 atom stereocenters. The molecule has 1 aromatic heterocycles. The van der Waals surface area contributed by atoms with Gasteiger partial charge in [-0.25, -0.2) is 8.78 Å². The lowest BCUT2D eigenvalue weighted by Crippen LogP contribution is -2.07. The van der Waals surface area contributed by atoms with E-state index in [0.717, 1.165) is 6.20 Å². The number of aromatic nitrogens is 1. The van der Waals surface area contributed by atoms with E-state index in [0.29, 0.717) is 0 Å². The third-order valence-electron chi connectivity index (χ3n) is 1.65. The van der Waals surface area contributed by atoms with Crippen LogP contribution in [0.2, 0.25) is 0 Å². The van der Waals surface area contributed by atoms with Crippen LogP contribution in [0.3, 0.4) is 0 Å². The second kappa shape index (κ2) is 4.69. The summed E-state index contributed by atoms with van der Waals surface area (Å²) in [5.41, 5.74) is -0.543. The zero-order valence-corrected chi connectivity index (χ0v) is 9.40. The van der Waals surface area contributed by atoms with Gasteiger partial charge in [-0.15, -0.1) is 0 Å². The number of carboxylic acid groups (broad SMARTS) is 1. The van der Waals surface area contributed by atoms with Crippen LogP contribution < -0.4 is 0 Å². The number of aliphatic carboxylic acids is 1. The van der Waals surface area contributed by atoms with Crippen LogP contribution in [0, 0.1) is 3.57 Å². The molecule has 0 saturated heterocycles. The first-order valence-electron chi connectivity index (χ1n) is 3.79. The standard InChI is InChI=1S/C8H6F2INO3/c9-8(10)6-4(13)2-12-3(7(6)11)1-5(14)15/h2,8,13H,1H2,(H,14,15). The minimum absolute atomic E-state index is 0.00926. The molecule has 0 spiro atoms. The molecular formula is C8H6F2INO3. The highest BCUT2D eigenvalue weighted by atomic mass is 127. The van der Waals surface area contributed by atoms with Crippen molar-refractivity contribution >= 4 is 28.6 Å². The number of hydrogen-bond donors (Lipinski definition) is 2. The summed E-state index contributed by atoms with van der Waals surface area (Å²) in [6, 6.07) is 0. The molecule has 0 saturated carbocycles. The number of aromatic hydroxyl groups is 1. The van der Waals surface area contributed by atoms with Crippen molar-refractivity contribution in [3.8, 4) is 5.75 Å². The van der Waals surface area contributed by atoms with E-state index in [9.17, 15) is 13.6 Å². The fourth-order valence-electron chi connectivity index (χ4n) is 1.01. The largest absolute Gasteiger partial charge is 0.506 e. The van der Waals surface area contributed by atoms with Gasteiger partial charge < -0.3 is 10.2 Å². The molecule has 0 aliphatic heterocycles. The molecule has 15 heavy (non-hydrogen) atoms. The van der Waals surface area contributed by atoms with E-state index in [-0.39, 0.29) is 9.26 Å². The fourth-order valence-corrected chi connectivity index (χ4v) is 1.85. The second-order valence-electron chi connectivity index (χ2n) is 2.69. The molecule has 4 nitrogen and oxygen atoms in total. The average Bonchev–Trinajstić information content (AvgIpc) is 2.09. The van der Waals surface area contributed by atoms with E-state index in [4.69, 9.17) is 10.2 Å². The van der Waals surface area contributed by atoms with Gasteiger partial charge >= 0.3 is 5.97 Å². The zero-order chi connectivity index (χ0) is 11.6. The number of pyridine rings is 1. The predicted octanol–water partition coefficient (Wildman–Crippen LogP) is 1.96. The lowest BCUT2D eigenvalue weighted by Gasteiger charge is -2.08. The first kappa shape index (κ1) is 12.1. The van der Waals surface area contributed by atoms with Gasteiger partial charge in [0.05, 0.1) is 23.9 Å². The van der Waals surface area contributed by atoms with Gasteiger partial charge in [-0.3, -0.25) is 9.78 Å². The van der Waals surface area contributed by atoms with Gasteiger partial charge in [0.2, 0.25) is 0 Å². The van der Waals surface area contributed by atoms with Crippen LogP contribution in [0.25, 0.3) is 0 Å². The Hall–Kier alpha value is -0.990. The molecule has 0 aliphatic carbocycles. The molecule has 1 rings (SSSR count). The van der Waals surface area contributed by atoms with Crippen LogP contribution >= 0.6 is 22.6 Å². The maximum absolute atomic E-state index is 12.5. The van der Waals surface area contributed by atoms with E-state index < -0.39 is 30.1 Å². The molecule has 0 amide bonds. The van der Waals surface area contributed by atoms with Crippen LogP contribution in [0.15, 0.2) is 6.20 Å². The summed E-state index contributed by atoms with van der Waals surface area (Å²) in [7, 11) is 0. The summed E-state index contributed by atoms with van der Waals surface area (Å²) < 4.78 is 24.9. The van der Waals surface area contributed by atoms with Crippen LogP contribution in [-0.4, -0.2) is 21.2 Å². The number of hydrogen-bond acceptors (Lipinski definition) is 3. The van der Waals surface area contributed by atoms with Crippen molar-refractivity contribution in [3.05, 3.63) is 21.0 Å². The van der Waals surface area contributed by atoms with Crippen molar-refractivity contribution in [1.29, 1.82) is 0 Å². The highest BCUT2D eigenvalue weighted by molar-refractivity contribution is 14.1. The number of nitrogens with zero attached hydrogens (tertiary/aromatic N) is 1. The summed E-state index contributed by atoms with van der Waals surface area (Å²) in [5, 5.41) is 17.6. The number of alkyl halides is 2. The molecule has 82 valence electrons. The monoisotopic (exact) mass is 329 g/mol. The molecule has 0 unspecified atom stereocenters. The van der Waals surface area contributed by atoms with Crippen LogP contribution in [0.1, 0.15) is 17.7 Å². The average molecular weight is 329 g/mol. The first-order chi connectivity index (χ1) is 6.93. The van der Waals surface area contributed by atoms with Crippen molar-refractivity contribution in [2.24, 2.45) is 0 Å². The Morgan fingerprint density at radius 2 is 2.20 bits per heavy atom. The summed E-state index contributed by atoms with van der Waals surface area (Å²) in [6.07, 6.45) is -2.47. The molecule has 0 radical (unpaired) electrons. The lowest BCUT2D eigenvalue weighted by molar-refractivity contribution is -0.136. The molecule has 7 heteroatoms. The van der Waals surface area contributed by atoms with Crippen LogP contribution in [0.5, 0.6) is 5.75 Å². The number of carbonyl (C=O) groups is 1. The third kappa shape index (κ3) is 2.74. The van der Waals surface area contributed by atoms with Gasteiger partial charge in [-0.1, -0.05) is 0 Å². The van der Waals surface area contributed by atoms with Crippen LogP contribution in [0.4, 0.5) is 8.78 Å². The maximum atomic E-state index is 12.5. The highest BCUT2D eigenvalue weighted by Crippen LogP contribution is 2.33. The van der Waals surface area contributed by atoms with Crippen molar-refractivity contribution < 1.29 is 23.8 Å². The second-order valence-corrected chi connectivity index (χ2v) is 3.77. The third-order valence-corrected chi connectivity index (χ3v) is 2.85. The molecule has 0 fully saturated rings. The van der Waals surface area contributed by atoms with Crippen molar-refractivity contribution in [2.75, 3.05) is 0 Å². The molecule has 0 aromatic carbocycles. The Balaban J connectivity index is 3.22. The zero-order valence-electron chi connectivity index (χ0n) is 7.25. The molecule has 0 bridgehead atoms. The Bertz CT molecular complexity index is 398. The van der Waals surface area contributed by atoms with Gasteiger partial charge in [0.25, 0.3) is 6.43 Å². The van der Waals surface area contributed by atoms with Gasteiger partial charge in [0.1, 0.15) is 5.75 Å². The Labute approximate surface area is 97.1 Å². The van der Waals surface area contributed by atoms with E-state index in [2.05, 4.69) is 4.98 Å². The quantitative estimate of drug-likeness (QED) is 0.832. The Morgan fingerprint density at radius 1 is 1.60 bits per heavy atom. The number of carboxylic acids is 1. The fraction of sp³-hybridized carbons (Fsp3) is 0.250. The van der Waals surface area contributed by atoms with Gasteiger partial charge in [0.15, 0.2) is 0 Å². The van der Waals surface area contributed by atoms with Crippen molar-refractivity contribution in [1.82, 2.24) is 4.98 Å². The van der Waals surface area contributed by atoms with Crippen LogP contribution in [-0.2, 0) is 11.2 Å². The molecular weight excluding hydrogens is 323 g/mol. The van der Waals surface area contributed by atoms with Gasteiger partial charge in [-0.05, 0) is 22.6 Å². The smallest absolute Gasteiger partial charge is 0.309 e. The lowest BCUT2D eigenvalue weighted by atomic mass is 10.2. The predicted molar refractivity (Wildman–Crippen MR) is 54.9 cm³/mol. The minimum Gasteiger partial charge on any atom is -0.506 e. The summed E-state index contributed by atoms with van der Waals surface area (Å²) in [4.78, 5) is 14.0. The number of rotatable bonds is 3. The molecule has 2 N–H and O–H groups in total. The number of halogens is 3. The maximum Gasteiger partial charge on any atom is 0.309 e. The van der Waals surface area contributed by atoms with Crippen molar-refractivity contribution in [3.63, 3.8) is 0 Å². The Morgan fingerprint density at radius 3 is 2.67 bits per heavy atom. The van der Waals surface area contributed by atoms with Crippen molar-refractivity contribution in [2.45, 2.75) is 12.8 Å². The summed E-state index contributed by atoms with van der Waals surface area (Å²) >= 11 is 1.55.